The van der Waals surface area contributed by atoms with Crippen molar-refractivity contribution in [1.82, 2.24) is 20.2 Å². The Labute approximate surface area is 175 Å². The predicted molar refractivity (Wildman–Crippen MR) is 98.9 cm³/mol. The van der Waals surface area contributed by atoms with E-state index in [0.29, 0.717) is 5.56 Å². The van der Waals surface area contributed by atoms with E-state index in [0.717, 1.165) is 18.2 Å². The van der Waals surface area contributed by atoms with E-state index in [4.69, 9.17) is 25.3 Å². The Kier molecular flexibility index (Phi) is 3.19. The van der Waals surface area contributed by atoms with Crippen LogP contribution in [0.3, 0.4) is 0 Å². The Morgan fingerprint density at radius 2 is 2.19 bits per heavy atom. The summed E-state index contributed by atoms with van der Waals surface area (Å²) in [5.41, 5.74) is -4.36. The molecule has 2 aromatic rings. The van der Waals surface area contributed by atoms with Crippen molar-refractivity contribution >= 4 is 17.5 Å². The minimum atomic E-state index is -4.42. The highest BCUT2D eigenvalue weighted by atomic mass is 35.5. The number of hydrogen-bond acceptors (Lipinski definition) is 4. The molecule has 1 amide bonds. The molecule has 27 heavy (non-hydrogen) atoms. The van der Waals surface area contributed by atoms with Crippen LogP contribution in [0.2, 0.25) is 5.02 Å². The van der Waals surface area contributed by atoms with Gasteiger partial charge in [0.15, 0.2) is 0 Å². The van der Waals surface area contributed by atoms with Gasteiger partial charge in [0.1, 0.15) is 17.3 Å². The maximum atomic E-state index is 16.6. The number of nitrogens with one attached hydrogen (secondary N) is 1. The first-order valence-electron chi connectivity index (χ1n) is 12.7. The number of carbonyl (C=O) groups is 1. The van der Waals surface area contributed by atoms with Gasteiger partial charge in [-0.3, -0.25) is 4.79 Å². The standard InChI is InChI=1S/C19H21ClF2N4O/c1-13-9-24-17(25-10-13)11-23-12-19(22)4-6-26(7-5-19)18(27)14-2-3-16(21)15(20)8-14/h2-3,8-10,23H,4-7,11-12H2,1H3/i4D2,5D2,6D2,11D2,12D2. The van der Waals surface area contributed by atoms with Crippen LogP contribution in [0.25, 0.3) is 0 Å². The van der Waals surface area contributed by atoms with E-state index in [1.54, 1.807) is 12.2 Å². The number of alkyl halides is 1. The average molecular weight is 405 g/mol. The van der Waals surface area contributed by atoms with Crippen LogP contribution in [0.5, 0.6) is 0 Å². The van der Waals surface area contributed by atoms with Crippen LogP contribution < -0.4 is 5.32 Å². The second kappa shape index (κ2) is 8.27. The van der Waals surface area contributed by atoms with E-state index in [1.165, 1.54) is 12.4 Å². The molecule has 1 aliphatic rings. The monoisotopic (exact) mass is 404 g/mol. The smallest absolute Gasteiger partial charge is 0.253 e. The van der Waals surface area contributed by atoms with Crippen LogP contribution in [0.15, 0.2) is 30.6 Å². The zero-order valence-electron chi connectivity index (χ0n) is 24.0. The summed E-state index contributed by atoms with van der Waals surface area (Å²) >= 11 is 5.65. The van der Waals surface area contributed by atoms with Gasteiger partial charge in [-0.1, -0.05) is 11.6 Å². The van der Waals surface area contributed by atoms with E-state index in [-0.39, 0.29) is 4.90 Å². The molecule has 0 spiro atoms. The molecule has 144 valence electrons. The summed E-state index contributed by atoms with van der Waals surface area (Å²) in [7, 11) is 0. The number of aryl methyl sites for hydroxylation is 1. The molecule has 1 N–H and O–H groups in total. The lowest BCUT2D eigenvalue weighted by molar-refractivity contribution is 0.0434. The third-order valence-electron chi connectivity index (χ3n) is 3.45. The van der Waals surface area contributed by atoms with Gasteiger partial charge in [0, 0.05) is 61.2 Å². The zero-order chi connectivity index (χ0) is 28.4. The predicted octanol–water partition coefficient (Wildman–Crippen LogP) is 3.31. The Bertz CT molecular complexity index is 1220. The summed E-state index contributed by atoms with van der Waals surface area (Å²) in [5, 5.41) is 1.04. The van der Waals surface area contributed by atoms with E-state index in [9.17, 15) is 9.18 Å². The van der Waals surface area contributed by atoms with Crippen molar-refractivity contribution in [3.63, 3.8) is 0 Å². The maximum Gasteiger partial charge on any atom is 0.253 e. The first-order chi connectivity index (χ1) is 16.6. The van der Waals surface area contributed by atoms with Crippen LogP contribution in [0, 0.1) is 12.7 Å². The maximum absolute atomic E-state index is 16.6. The number of halogens is 3. The second-order valence-corrected chi connectivity index (χ2v) is 5.96. The lowest BCUT2D eigenvalue weighted by Crippen LogP contribution is -2.48. The molecule has 0 radical (unpaired) electrons. The molecule has 1 fully saturated rings. The molecule has 1 saturated heterocycles. The van der Waals surface area contributed by atoms with Gasteiger partial charge >= 0.3 is 0 Å². The molecule has 5 nitrogen and oxygen atoms in total. The molecule has 1 aliphatic heterocycles. The topological polar surface area (TPSA) is 58.1 Å². The molecule has 2 heterocycles. The number of rotatable bonds is 5. The largest absolute Gasteiger partial charge is 0.338 e. The lowest BCUT2D eigenvalue weighted by atomic mass is 9.92. The summed E-state index contributed by atoms with van der Waals surface area (Å²) in [5.74, 6) is -2.95. The van der Waals surface area contributed by atoms with E-state index >= 15 is 4.39 Å². The summed E-state index contributed by atoms with van der Waals surface area (Å²) < 4.78 is 112. The van der Waals surface area contributed by atoms with Gasteiger partial charge < -0.3 is 10.2 Å². The molecule has 1 atom stereocenters. The number of aromatic nitrogens is 2. The molecular weight excluding hydrogens is 374 g/mol. The highest BCUT2D eigenvalue weighted by Crippen LogP contribution is 2.27. The van der Waals surface area contributed by atoms with Crippen molar-refractivity contribution in [2.75, 3.05) is 19.5 Å². The first kappa shape index (κ1) is 10.4. The van der Waals surface area contributed by atoms with Gasteiger partial charge in [-0.25, -0.2) is 18.7 Å². The van der Waals surface area contributed by atoms with Crippen molar-refractivity contribution in [2.24, 2.45) is 0 Å². The van der Waals surface area contributed by atoms with Gasteiger partial charge in [0.05, 0.1) is 14.3 Å². The minimum Gasteiger partial charge on any atom is -0.338 e. The molecule has 0 bridgehead atoms. The molecule has 1 aromatic carbocycles. The third kappa shape index (κ3) is 4.99. The second-order valence-electron chi connectivity index (χ2n) is 5.55. The number of hydrogen-bond donors (Lipinski definition) is 1. The molecular formula is C19H21ClF2N4O. The molecule has 3 rings (SSSR count). The fourth-order valence-electron chi connectivity index (χ4n) is 2.03. The minimum absolute atomic E-state index is 0.0300. The number of carbonyl (C=O) groups excluding carboxylic acids is 1. The molecule has 8 heteroatoms. The van der Waals surface area contributed by atoms with Gasteiger partial charge in [0.2, 0.25) is 0 Å². The van der Waals surface area contributed by atoms with Crippen LogP contribution in [0.4, 0.5) is 8.78 Å². The van der Waals surface area contributed by atoms with Crippen molar-refractivity contribution < 1.29 is 27.3 Å². The number of benzene rings is 1. The number of piperidine rings is 1. The van der Waals surface area contributed by atoms with E-state index in [2.05, 4.69) is 9.97 Å². The van der Waals surface area contributed by atoms with Crippen molar-refractivity contribution in [2.45, 2.75) is 31.8 Å². The van der Waals surface area contributed by atoms with Crippen molar-refractivity contribution in [3.8, 4) is 0 Å². The summed E-state index contributed by atoms with van der Waals surface area (Å²) in [4.78, 5) is 20.4. The van der Waals surface area contributed by atoms with Crippen LogP contribution >= 0.6 is 11.6 Å². The Morgan fingerprint density at radius 1 is 1.44 bits per heavy atom. The lowest BCUT2D eigenvalue weighted by Gasteiger charge is -2.36. The Balaban J connectivity index is 2.08. The summed E-state index contributed by atoms with van der Waals surface area (Å²) in [6, 6.07) is 2.46. The SMILES string of the molecule is [2H]C([2H])(NC([2H])([2H])C1(F)C([2H])([2H])CN(C(=O)c2ccc(F)c(Cl)c2)C([2H])([2H])C1([2H])[2H])c1ncc(C)cn1. The van der Waals surface area contributed by atoms with Crippen LogP contribution in [0.1, 0.15) is 48.2 Å². The van der Waals surface area contributed by atoms with Crippen molar-refractivity contribution in [3.05, 3.63) is 58.4 Å². The van der Waals surface area contributed by atoms with Gasteiger partial charge in [-0.2, -0.15) is 0 Å². The number of likely N-dealkylation sites (tertiary alicyclic amines) is 1. The van der Waals surface area contributed by atoms with Crippen LogP contribution in [-0.4, -0.2) is 46.0 Å². The number of nitrogens with zero attached hydrogens (tertiary/aromatic N) is 3. The van der Waals surface area contributed by atoms with Gasteiger partial charge in [-0.05, 0) is 30.7 Å². The molecule has 0 aliphatic carbocycles. The van der Waals surface area contributed by atoms with Gasteiger partial charge in [-0.15, -0.1) is 0 Å². The highest BCUT2D eigenvalue weighted by molar-refractivity contribution is 6.31. The van der Waals surface area contributed by atoms with Gasteiger partial charge in [0.25, 0.3) is 5.91 Å². The Hall–Kier alpha value is -2.12. The fourth-order valence-corrected chi connectivity index (χ4v) is 2.21. The number of amides is 1. The normalized spacial score (nSPS) is 32.1. The third-order valence-corrected chi connectivity index (χ3v) is 3.74. The molecule has 1 aromatic heterocycles. The van der Waals surface area contributed by atoms with Crippen LogP contribution in [-0.2, 0) is 6.50 Å². The summed E-state index contributed by atoms with van der Waals surface area (Å²) in [6.07, 6.45) is -5.39. The average Bonchev–Trinajstić information content (AvgIpc) is 2.76. The molecule has 0 saturated carbocycles. The first-order valence-corrected chi connectivity index (χ1v) is 8.05. The zero-order valence-corrected chi connectivity index (χ0v) is 14.7. The van der Waals surface area contributed by atoms with E-state index in [1.807, 2.05) is 0 Å². The quantitative estimate of drug-likeness (QED) is 0.830. The fraction of sp³-hybridized carbons (Fsp3) is 0.421. The van der Waals surface area contributed by atoms with Crippen molar-refractivity contribution in [1.29, 1.82) is 0 Å². The van der Waals surface area contributed by atoms with E-state index < -0.39 is 72.6 Å². The summed E-state index contributed by atoms with van der Waals surface area (Å²) in [6.45, 7) is -10.6. The highest BCUT2D eigenvalue weighted by Gasteiger charge is 2.36. The molecule has 1 unspecified atom stereocenters. The Morgan fingerprint density at radius 3 is 2.89 bits per heavy atom.